The Labute approximate surface area is 94.3 Å². The molecule has 0 atom stereocenters. The Balaban J connectivity index is 1.96. The maximum atomic E-state index is 11.4. The number of rotatable bonds is 3. The van der Waals surface area contributed by atoms with Crippen molar-refractivity contribution in [3.05, 3.63) is 30.3 Å². The summed E-state index contributed by atoms with van der Waals surface area (Å²) >= 11 is 0. The molecule has 0 radical (unpaired) electrons. The summed E-state index contributed by atoms with van der Waals surface area (Å²) in [6.07, 6.45) is 0. The van der Waals surface area contributed by atoms with Gasteiger partial charge in [0.1, 0.15) is 23.7 Å². The molecule has 1 heterocycles. The predicted octanol–water partition coefficient (Wildman–Crippen LogP) is 1.37. The highest BCUT2D eigenvalue weighted by atomic mass is 16.5. The van der Waals surface area contributed by atoms with Crippen molar-refractivity contribution >= 4 is 11.7 Å². The molecule has 0 aliphatic carbocycles. The van der Waals surface area contributed by atoms with E-state index in [2.05, 4.69) is 10.3 Å². The van der Waals surface area contributed by atoms with Crippen LogP contribution in [0, 0.1) is 0 Å². The molecule has 2 rings (SSSR count). The molecule has 1 aromatic rings. The minimum Gasteiger partial charge on any atom is -0.486 e. The largest absolute Gasteiger partial charge is 0.486 e. The highest BCUT2D eigenvalue weighted by Crippen LogP contribution is 2.15. The fourth-order valence-electron chi connectivity index (χ4n) is 1.44. The van der Waals surface area contributed by atoms with Gasteiger partial charge in [-0.05, 0) is 26.0 Å². The van der Waals surface area contributed by atoms with Gasteiger partial charge in [0.15, 0.2) is 0 Å². The average molecular weight is 218 g/mol. The number of aliphatic imine (C=N–C) groups is 1. The number of carbonyl (C=O) groups is 1. The van der Waals surface area contributed by atoms with Gasteiger partial charge in [0.2, 0.25) is 0 Å². The van der Waals surface area contributed by atoms with E-state index in [4.69, 9.17) is 4.74 Å². The van der Waals surface area contributed by atoms with E-state index in [0.717, 1.165) is 5.75 Å². The summed E-state index contributed by atoms with van der Waals surface area (Å²) < 4.78 is 5.49. The maximum Gasteiger partial charge on any atom is 0.252 e. The lowest BCUT2D eigenvalue weighted by Gasteiger charge is -2.07. The molecule has 84 valence electrons. The summed E-state index contributed by atoms with van der Waals surface area (Å²) in [4.78, 5) is 15.7. The number of nitrogens with one attached hydrogen (secondary N) is 1. The number of hydrogen-bond donors (Lipinski definition) is 1. The van der Waals surface area contributed by atoms with Crippen molar-refractivity contribution in [2.45, 2.75) is 19.4 Å². The topological polar surface area (TPSA) is 50.7 Å². The second kappa shape index (κ2) is 3.96. The number of amidine groups is 1. The minimum atomic E-state index is -0.671. The van der Waals surface area contributed by atoms with E-state index < -0.39 is 5.54 Å². The smallest absolute Gasteiger partial charge is 0.252 e. The average Bonchev–Trinajstić information content (AvgIpc) is 2.52. The van der Waals surface area contributed by atoms with Crippen molar-refractivity contribution in [3.63, 3.8) is 0 Å². The standard InChI is InChI=1S/C12H14N2O2/c1-12(2)11(15)13-10(14-12)8-16-9-6-4-3-5-7-9/h3-7H,8H2,1-2H3,(H,13,14,15). The van der Waals surface area contributed by atoms with Gasteiger partial charge in [-0.1, -0.05) is 18.2 Å². The summed E-state index contributed by atoms with van der Waals surface area (Å²) in [5.74, 6) is 1.27. The van der Waals surface area contributed by atoms with Gasteiger partial charge in [-0.15, -0.1) is 0 Å². The number of hydrogen-bond acceptors (Lipinski definition) is 3. The molecule has 4 nitrogen and oxygen atoms in total. The molecule has 0 aromatic heterocycles. The van der Waals surface area contributed by atoms with Crippen molar-refractivity contribution in [1.29, 1.82) is 0 Å². The fourth-order valence-corrected chi connectivity index (χ4v) is 1.44. The molecule has 0 unspecified atom stereocenters. The number of nitrogens with zero attached hydrogens (tertiary/aromatic N) is 1. The van der Waals surface area contributed by atoms with Crippen LogP contribution in [0.1, 0.15) is 13.8 Å². The lowest BCUT2D eigenvalue weighted by molar-refractivity contribution is -0.122. The molecule has 1 aromatic carbocycles. The molecule has 1 aliphatic rings. The van der Waals surface area contributed by atoms with Crippen LogP contribution in [0.4, 0.5) is 0 Å². The molecule has 1 aliphatic heterocycles. The first-order valence-electron chi connectivity index (χ1n) is 5.16. The minimum absolute atomic E-state index is 0.0841. The van der Waals surface area contributed by atoms with Crippen LogP contribution in [-0.2, 0) is 4.79 Å². The Kier molecular flexibility index (Phi) is 2.64. The number of amides is 1. The maximum absolute atomic E-state index is 11.4. The van der Waals surface area contributed by atoms with Crippen LogP contribution in [0.2, 0.25) is 0 Å². The molecule has 0 saturated heterocycles. The van der Waals surface area contributed by atoms with Crippen LogP contribution in [-0.4, -0.2) is 23.9 Å². The lowest BCUT2D eigenvalue weighted by Crippen LogP contribution is -2.35. The summed E-state index contributed by atoms with van der Waals surface area (Å²) in [7, 11) is 0. The van der Waals surface area contributed by atoms with E-state index in [0.29, 0.717) is 12.4 Å². The second-order valence-electron chi connectivity index (χ2n) is 4.17. The molecule has 16 heavy (non-hydrogen) atoms. The van der Waals surface area contributed by atoms with E-state index in [-0.39, 0.29) is 5.91 Å². The van der Waals surface area contributed by atoms with E-state index >= 15 is 0 Å². The molecule has 0 fully saturated rings. The Morgan fingerprint density at radius 3 is 2.56 bits per heavy atom. The Hall–Kier alpha value is -1.84. The normalized spacial score (nSPS) is 17.9. The second-order valence-corrected chi connectivity index (χ2v) is 4.17. The van der Waals surface area contributed by atoms with Gasteiger partial charge in [-0.25, -0.2) is 0 Å². The Morgan fingerprint density at radius 1 is 1.31 bits per heavy atom. The molecule has 0 bridgehead atoms. The Morgan fingerprint density at radius 2 is 2.00 bits per heavy atom. The molecule has 1 amide bonds. The first kappa shape index (κ1) is 10.7. The SMILES string of the molecule is CC1(C)N=C(COc2ccccc2)NC1=O. The first-order chi connectivity index (χ1) is 7.58. The van der Waals surface area contributed by atoms with Crippen LogP contribution >= 0.6 is 0 Å². The summed E-state index contributed by atoms with van der Waals surface area (Å²) in [5, 5.41) is 2.70. The van der Waals surface area contributed by atoms with Gasteiger partial charge in [0.25, 0.3) is 5.91 Å². The van der Waals surface area contributed by atoms with Gasteiger partial charge in [0.05, 0.1) is 0 Å². The molecular weight excluding hydrogens is 204 g/mol. The third-order valence-electron chi connectivity index (χ3n) is 2.35. The number of para-hydroxylation sites is 1. The zero-order valence-corrected chi connectivity index (χ0v) is 9.36. The quantitative estimate of drug-likeness (QED) is 0.833. The van der Waals surface area contributed by atoms with Crippen molar-refractivity contribution in [3.8, 4) is 5.75 Å². The highest BCUT2D eigenvalue weighted by molar-refractivity contribution is 6.08. The molecule has 4 heteroatoms. The van der Waals surface area contributed by atoms with Gasteiger partial charge < -0.3 is 10.1 Å². The highest BCUT2D eigenvalue weighted by Gasteiger charge is 2.33. The number of ether oxygens (including phenoxy) is 1. The zero-order chi connectivity index (χ0) is 11.6. The van der Waals surface area contributed by atoms with Crippen LogP contribution in [0.5, 0.6) is 5.75 Å². The fraction of sp³-hybridized carbons (Fsp3) is 0.333. The van der Waals surface area contributed by atoms with Crippen LogP contribution < -0.4 is 10.1 Å². The molecule has 1 N–H and O–H groups in total. The third kappa shape index (κ3) is 2.21. The monoisotopic (exact) mass is 218 g/mol. The summed E-state index contributed by atoms with van der Waals surface area (Å²) in [6.45, 7) is 3.84. The van der Waals surface area contributed by atoms with Crippen molar-refractivity contribution in [2.75, 3.05) is 6.61 Å². The lowest BCUT2D eigenvalue weighted by atomic mass is 10.1. The van der Waals surface area contributed by atoms with E-state index in [1.54, 1.807) is 13.8 Å². The summed E-state index contributed by atoms with van der Waals surface area (Å²) in [6, 6.07) is 9.44. The van der Waals surface area contributed by atoms with Gasteiger partial charge in [0, 0.05) is 0 Å². The number of benzene rings is 1. The molecule has 0 spiro atoms. The zero-order valence-electron chi connectivity index (χ0n) is 9.36. The van der Waals surface area contributed by atoms with Crippen molar-refractivity contribution < 1.29 is 9.53 Å². The number of carbonyl (C=O) groups excluding carboxylic acids is 1. The van der Waals surface area contributed by atoms with E-state index in [1.165, 1.54) is 0 Å². The van der Waals surface area contributed by atoms with Crippen LogP contribution in [0.15, 0.2) is 35.3 Å². The van der Waals surface area contributed by atoms with Crippen molar-refractivity contribution in [1.82, 2.24) is 5.32 Å². The predicted molar refractivity (Wildman–Crippen MR) is 61.6 cm³/mol. The van der Waals surface area contributed by atoms with Crippen LogP contribution in [0.25, 0.3) is 0 Å². The Bertz CT molecular complexity index is 424. The van der Waals surface area contributed by atoms with Crippen LogP contribution in [0.3, 0.4) is 0 Å². The van der Waals surface area contributed by atoms with E-state index in [9.17, 15) is 4.79 Å². The summed E-state index contributed by atoms with van der Waals surface area (Å²) in [5.41, 5.74) is -0.671. The van der Waals surface area contributed by atoms with Gasteiger partial charge >= 0.3 is 0 Å². The molecular formula is C12H14N2O2. The van der Waals surface area contributed by atoms with Crippen molar-refractivity contribution in [2.24, 2.45) is 4.99 Å². The third-order valence-corrected chi connectivity index (χ3v) is 2.35. The van der Waals surface area contributed by atoms with E-state index in [1.807, 2.05) is 30.3 Å². The molecule has 0 saturated carbocycles. The van der Waals surface area contributed by atoms with Gasteiger partial charge in [-0.2, -0.15) is 0 Å². The van der Waals surface area contributed by atoms with Gasteiger partial charge in [-0.3, -0.25) is 9.79 Å². The first-order valence-corrected chi connectivity index (χ1v) is 5.16.